The van der Waals surface area contributed by atoms with Crippen molar-refractivity contribution in [3.63, 3.8) is 0 Å². The van der Waals surface area contributed by atoms with Gasteiger partial charge in [-0.1, -0.05) is 0 Å². The van der Waals surface area contributed by atoms with E-state index in [1.807, 2.05) is 12.1 Å². The maximum Gasteiger partial charge on any atom is 0.255 e. The molecule has 0 radical (unpaired) electrons. The highest BCUT2D eigenvalue weighted by Gasteiger charge is 2.38. The average molecular weight is 330 g/mol. The third-order valence-corrected chi connectivity index (χ3v) is 5.66. The molecule has 2 aliphatic rings. The van der Waals surface area contributed by atoms with Crippen molar-refractivity contribution in [1.29, 1.82) is 0 Å². The van der Waals surface area contributed by atoms with E-state index in [2.05, 4.69) is 40.6 Å². The van der Waals surface area contributed by atoms with Gasteiger partial charge < -0.3 is 14.7 Å². The van der Waals surface area contributed by atoms with E-state index in [0.717, 1.165) is 50.4 Å². The minimum Gasteiger partial charge on any atom is -0.357 e. The summed E-state index contributed by atoms with van der Waals surface area (Å²) in [5.41, 5.74) is 0.721. The Morgan fingerprint density at radius 1 is 1.17 bits per heavy atom. The number of nitrogens with zero attached hydrogens (tertiary/aromatic N) is 4. The summed E-state index contributed by atoms with van der Waals surface area (Å²) in [6.45, 7) is 8.14. The topological polar surface area (TPSA) is 39.7 Å². The third-order valence-electron chi connectivity index (χ3n) is 5.66. The van der Waals surface area contributed by atoms with Crippen molar-refractivity contribution in [1.82, 2.24) is 14.8 Å². The molecule has 24 heavy (non-hydrogen) atoms. The molecule has 3 rings (SSSR count). The summed E-state index contributed by atoms with van der Waals surface area (Å²) in [6.07, 6.45) is 6.46. The van der Waals surface area contributed by atoms with E-state index in [1.54, 1.807) is 6.20 Å². The summed E-state index contributed by atoms with van der Waals surface area (Å²) < 4.78 is 0. The fraction of sp³-hybridized carbons (Fsp3) is 0.684. The molecule has 0 spiro atoms. The molecule has 2 aliphatic heterocycles. The summed E-state index contributed by atoms with van der Waals surface area (Å²) in [4.78, 5) is 24.2. The van der Waals surface area contributed by atoms with Crippen LogP contribution < -0.4 is 4.90 Å². The molecule has 5 nitrogen and oxygen atoms in total. The molecule has 0 saturated carbocycles. The molecule has 2 saturated heterocycles. The Labute approximate surface area is 145 Å². The van der Waals surface area contributed by atoms with Gasteiger partial charge in [0.2, 0.25) is 0 Å². The van der Waals surface area contributed by atoms with Crippen molar-refractivity contribution in [2.24, 2.45) is 0 Å². The van der Waals surface area contributed by atoms with Crippen LogP contribution in [0, 0.1) is 0 Å². The first-order valence-electron chi connectivity index (χ1n) is 9.38. The lowest BCUT2D eigenvalue weighted by Crippen LogP contribution is -2.47. The van der Waals surface area contributed by atoms with E-state index >= 15 is 0 Å². The summed E-state index contributed by atoms with van der Waals surface area (Å²) in [5, 5.41) is 0. The molecule has 3 heterocycles. The lowest BCUT2D eigenvalue weighted by molar-refractivity contribution is 0.0664. The second-order valence-electron chi connectivity index (χ2n) is 6.98. The maximum atomic E-state index is 13.0. The molecular weight excluding hydrogens is 300 g/mol. The first kappa shape index (κ1) is 17.2. The van der Waals surface area contributed by atoms with Crippen LogP contribution in [0.2, 0.25) is 0 Å². The van der Waals surface area contributed by atoms with Gasteiger partial charge in [0.05, 0.1) is 5.56 Å². The third kappa shape index (κ3) is 3.27. The molecule has 0 N–H and O–H groups in total. The molecule has 1 aromatic rings. The lowest BCUT2D eigenvalue weighted by Gasteiger charge is -2.33. The Morgan fingerprint density at radius 3 is 2.46 bits per heavy atom. The Bertz CT molecular complexity index is 555. The lowest BCUT2D eigenvalue weighted by atomic mass is 10.0. The van der Waals surface area contributed by atoms with Gasteiger partial charge in [0.1, 0.15) is 5.82 Å². The van der Waals surface area contributed by atoms with Gasteiger partial charge in [-0.05, 0) is 65.3 Å². The highest BCUT2D eigenvalue weighted by atomic mass is 16.2. The van der Waals surface area contributed by atoms with E-state index in [9.17, 15) is 4.79 Å². The maximum absolute atomic E-state index is 13.0. The molecule has 2 atom stereocenters. The summed E-state index contributed by atoms with van der Waals surface area (Å²) in [5.74, 6) is 1.10. The smallest absolute Gasteiger partial charge is 0.255 e. The number of hydrogen-bond acceptors (Lipinski definition) is 4. The van der Waals surface area contributed by atoms with Crippen molar-refractivity contribution in [3.8, 4) is 0 Å². The first-order chi connectivity index (χ1) is 11.7. The van der Waals surface area contributed by atoms with Crippen LogP contribution in [-0.4, -0.2) is 66.0 Å². The van der Waals surface area contributed by atoms with Gasteiger partial charge in [-0.3, -0.25) is 4.79 Å². The predicted molar refractivity (Wildman–Crippen MR) is 97.5 cm³/mol. The summed E-state index contributed by atoms with van der Waals surface area (Å²) >= 11 is 0. The van der Waals surface area contributed by atoms with Crippen LogP contribution in [0.3, 0.4) is 0 Å². The van der Waals surface area contributed by atoms with Gasteiger partial charge in [-0.15, -0.1) is 0 Å². The van der Waals surface area contributed by atoms with Gasteiger partial charge in [0, 0.05) is 37.9 Å². The number of amides is 1. The van der Waals surface area contributed by atoms with Crippen LogP contribution in [0.1, 0.15) is 49.9 Å². The predicted octanol–water partition coefficient (Wildman–Crippen LogP) is 2.63. The normalized spacial score (nSPS) is 24.5. The molecular formula is C19H30N4O. The highest BCUT2D eigenvalue weighted by Crippen LogP contribution is 2.30. The second kappa shape index (κ2) is 7.51. The van der Waals surface area contributed by atoms with E-state index < -0.39 is 0 Å². The number of likely N-dealkylation sites (tertiary alicyclic amines) is 2. The number of aromatic nitrogens is 1. The molecule has 1 aromatic heterocycles. The Hall–Kier alpha value is -1.62. The second-order valence-corrected chi connectivity index (χ2v) is 6.98. The van der Waals surface area contributed by atoms with E-state index in [0.29, 0.717) is 12.1 Å². The average Bonchev–Trinajstić information content (AvgIpc) is 3.24. The van der Waals surface area contributed by atoms with E-state index in [-0.39, 0.29) is 5.91 Å². The molecule has 5 heteroatoms. The number of anilines is 1. The van der Waals surface area contributed by atoms with Crippen LogP contribution in [0.25, 0.3) is 0 Å². The first-order valence-corrected chi connectivity index (χ1v) is 9.38. The Balaban J connectivity index is 1.73. The van der Waals surface area contributed by atoms with Crippen LogP contribution in [0.15, 0.2) is 18.3 Å². The fourth-order valence-electron chi connectivity index (χ4n) is 4.28. The highest BCUT2D eigenvalue weighted by molar-refractivity contribution is 5.94. The molecule has 132 valence electrons. The van der Waals surface area contributed by atoms with Gasteiger partial charge in [-0.2, -0.15) is 0 Å². The van der Waals surface area contributed by atoms with Crippen LogP contribution in [0.5, 0.6) is 0 Å². The number of carbonyl (C=O) groups is 1. The number of rotatable bonds is 5. The Morgan fingerprint density at radius 2 is 1.88 bits per heavy atom. The SMILES string of the molecule is CCN(CC)c1ccc(C(=O)N2CCCC2C2CCCN2C)cn1. The minimum atomic E-state index is 0.149. The zero-order valence-corrected chi connectivity index (χ0v) is 15.2. The molecule has 0 aliphatic carbocycles. The number of pyridine rings is 1. The molecule has 0 bridgehead atoms. The van der Waals surface area contributed by atoms with Crippen LogP contribution in [0.4, 0.5) is 5.82 Å². The largest absolute Gasteiger partial charge is 0.357 e. The van der Waals surface area contributed by atoms with E-state index in [4.69, 9.17) is 0 Å². The quantitative estimate of drug-likeness (QED) is 0.832. The molecule has 1 amide bonds. The number of likely N-dealkylation sites (N-methyl/N-ethyl adjacent to an activating group) is 1. The van der Waals surface area contributed by atoms with Gasteiger partial charge in [0.25, 0.3) is 5.91 Å². The summed E-state index contributed by atoms with van der Waals surface area (Å²) in [6, 6.07) is 4.82. The fourth-order valence-corrected chi connectivity index (χ4v) is 4.28. The summed E-state index contributed by atoms with van der Waals surface area (Å²) in [7, 11) is 2.19. The molecule has 0 aromatic carbocycles. The molecule has 2 unspecified atom stereocenters. The standard InChI is InChI=1S/C19H30N4O/c1-4-22(5-2)18-11-10-15(14-20-18)19(24)23-13-7-9-17(23)16-8-6-12-21(16)3/h10-11,14,16-17H,4-9,12-13H2,1-3H3. The monoisotopic (exact) mass is 330 g/mol. The van der Waals surface area contributed by atoms with Gasteiger partial charge >= 0.3 is 0 Å². The molecule has 2 fully saturated rings. The van der Waals surface area contributed by atoms with Crippen molar-refractivity contribution in [3.05, 3.63) is 23.9 Å². The van der Waals surface area contributed by atoms with Crippen molar-refractivity contribution in [2.45, 2.75) is 51.6 Å². The zero-order chi connectivity index (χ0) is 17.1. The van der Waals surface area contributed by atoms with E-state index in [1.165, 1.54) is 12.8 Å². The van der Waals surface area contributed by atoms with Crippen molar-refractivity contribution in [2.75, 3.05) is 38.1 Å². The minimum absolute atomic E-state index is 0.149. The van der Waals surface area contributed by atoms with Crippen molar-refractivity contribution >= 4 is 11.7 Å². The van der Waals surface area contributed by atoms with Gasteiger partial charge in [-0.25, -0.2) is 4.98 Å². The zero-order valence-electron chi connectivity index (χ0n) is 15.2. The van der Waals surface area contributed by atoms with Crippen LogP contribution in [-0.2, 0) is 0 Å². The van der Waals surface area contributed by atoms with Gasteiger partial charge in [0.15, 0.2) is 0 Å². The van der Waals surface area contributed by atoms with Crippen LogP contribution >= 0.6 is 0 Å². The number of carbonyl (C=O) groups excluding carboxylic acids is 1. The Kier molecular flexibility index (Phi) is 5.39. The number of hydrogen-bond donors (Lipinski definition) is 0. The van der Waals surface area contributed by atoms with Crippen molar-refractivity contribution < 1.29 is 4.79 Å².